The third kappa shape index (κ3) is 5.22. The first kappa shape index (κ1) is 21.9. The lowest BCUT2D eigenvalue weighted by atomic mass is 10.1. The number of ether oxygens (including phenoxy) is 3. The fourth-order valence-corrected chi connectivity index (χ4v) is 2.96. The van der Waals surface area contributed by atoms with E-state index in [2.05, 4.69) is 10.5 Å². The van der Waals surface area contributed by atoms with Crippen molar-refractivity contribution in [2.75, 3.05) is 19.0 Å². The average molecular weight is 424 g/mol. The summed E-state index contributed by atoms with van der Waals surface area (Å²) in [7, 11) is 1.30. The molecular weight excluding hydrogens is 400 g/mol. The molecule has 0 saturated carbocycles. The maximum atomic E-state index is 13.0. The normalized spacial score (nSPS) is 10.5. The standard InChI is InChI=1S/C23H24N2O6/c1-5-29-18-9-10-19(21(12-18)30-13-20-14(2)25-31-15(20)3)22(26)24-17-8-6-7-16(11-17)23(27)28-4/h6-12H,5,13H2,1-4H3,(H,24,26). The number of nitrogens with one attached hydrogen (secondary N) is 1. The number of hydrogen-bond donors (Lipinski definition) is 1. The molecule has 162 valence electrons. The molecule has 3 rings (SSSR count). The highest BCUT2D eigenvalue weighted by atomic mass is 16.5. The van der Waals surface area contributed by atoms with Gasteiger partial charge in [-0.15, -0.1) is 0 Å². The SMILES string of the molecule is CCOc1ccc(C(=O)Nc2cccc(C(=O)OC)c2)c(OCc2c(C)noc2C)c1. The molecule has 31 heavy (non-hydrogen) atoms. The number of amides is 1. The van der Waals surface area contributed by atoms with Crippen molar-refractivity contribution in [2.24, 2.45) is 0 Å². The Kier molecular flexibility index (Phi) is 6.92. The number of esters is 1. The molecule has 3 aromatic rings. The number of aromatic nitrogens is 1. The van der Waals surface area contributed by atoms with Gasteiger partial charge < -0.3 is 24.1 Å². The van der Waals surface area contributed by atoms with E-state index in [1.165, 1.54) is 7.11 Å². The molecule has 0 aliphatic carbocycles. The maximum absolute atomic E-state index is 13.0. The van der Waals surface area contributed by atoms with E-state index in [9.17, 15) is 9.59 Å². The number of hydrogen-bond acceptors (Lipinski definition) is 7. The van der Waals surface area contributed by atoms with Crippen LogP contribution in [0.15, 0.2) is 47.0 Å². The van der Waals surface area contributed by atoms with Crippen LogP contribution in [0.4, 0.5) is 5.69 Å². The third-order valence-electron chi connectivity index (χ3n) is 4.60. The molecule has 1 N–H and O–H groups in total. The minimum absolute atomic E-state index is 0.189. The minimum atomic E-state index is -0.486. The molecule has 8 nitrogen and oxygen atoms in total. The van der Waals surface area contributed by atoms with Gasteiger partial charge in [0.25, 0.3) is 5.91 Å². The lowest BCUT2D eigenvalue weighted by Crippen LogP contribution is -2.14. The second-order valence-corrected chi connectivity index (χ2v) is 6.71. The van der Waals surface area contributed by atoms with Crippen LogP contribution in [0.25, 0.3) is 0 Å². The summed E-state index contributed by atoms with van der Waals surface area (Å²) in [5.74, 6) is 0.719. The van der Waals surface area contributed by atoms with E-state index in [-0.39, 0.29) is 12.5 Å². The molecule has 1 aromatic heterocycles. The summed E-state index contributed by atoms with van der Waals surface area (Å²) in [6, 6.07) is 11.5. The maximum Gasteiger partial charge on any atom is 0.337 e. The van der Waals surface area contributed by atoms with Crippen LogP contribution in [-0.2, 0) is 11.3 Å². The molecule has 0 aliphatic heterocycles. The first-order valence-electron chi connectivity index (χ1n) is 9.74. The van der Waals surface area contributed by atoms with Crippen LogP contribution in [0.5, 0.6) is 11.5 Å². The summed E-state index contributed by atoms with van der Waals surface area (Å²) < 4.78 is 21.4. The summed E-state index contributed by atoms with van der Waals surface area (Å²) in [6.45, 7) is 6.17. The first-order chi connectivity index (χ1) is 14.9. The van der Waals surface area contributed by atoms with Gasteiger partial charge in [-0.05, 0) is 51.1 Å². The summed E-state index contributed by atoms with van der Waals surface area (Å²) in [6.07, 6.45) is 0. The van der Waals surface area contributed by atoms with Crippen LogP contribution in [0.3, 0.4) is 0 Å². The predicted octanol–water partition coefficient (Wildman–Crippen LogP) is 4.31. The number of carbonyl (C=O) groups excluding carboxylic acids is 2. The number of nitrogens with zero attached hydrogens (tertiary/aromatic N) is 1. The van der Waals surface area contributed by atoms with Crippen molar-refractivity contribution < 1.29 is 28.3 Å². The van der Waals surface area contributed by atoms with Gasteiger partial charge >= 0.3 is 5.97 Å². The molecule has 0 radical (unpaired) electrons. The highest BCUT2D eigenvalue weighted by Gasteiger charge is 2.17. The Labute approximate surface area is 180 Å². The zero-order valence-corrected chi connectivity index (χ0v) is 17.9. The van der Waals surface area contributed by atoms with Gasteiger partial charge in [0.2, 0.25) is 0 Å². The van der Waals surface area contributed by atoms with Gasteiger partial charge in [0, 0.05) is 11.8 Å². The van der Waals surface area contributed by atoms with Crippen LogP contribution in [0, 0.1) is 13.8 Å². The lowest BCUT2D eigenvalue weighted by molar-refractivity contribution is 0.0600. The number of carbonyl (C=O) groups is 2. The second kappa shape index (κ2) is 9.80. The van der Waals surface area contributed by atoms with Gasteiger partial charge in [0.05, 0.1) is 36.1 Å². The first-order valence-corrected chi connectivity index (χ1v) is 9.74. The van der Waals surface area contributed by atoms with E-state index in [0.717, 1.165) is 11.3 Å². The van der Waals surface area contributed by atoms with Crippen LogP contribution in [0.1, 0.15) is 44.7 Å². The van der Waals surface area contributed by atoms with Gasteiger partial charge in [-0.1, -0.05) is 11.2 Å². The Morgan fingerprint density at radius 2 is 1.90 bits per heavy atom. The quantitative estimate of drug-likeness (QED) is 0.538. The van der Waals surface area contributed by atoms with E-state index in [4.69, 9.17) is 18.7 Å². The van der Waals surface area contributed by atoms with Crippen molar-refractivity contribution in [3.05, 3.63) is 70.6 Å². The molecule has 1 amide bonds. The van der Waals surface area contributed by atoms with Crippen molar-refractivity contribution in [3.63, 3.8) is 0 Å². The minimum Gasteiger partial charge on any atom is -0.494 e. The summed E-state index contributed by atoms with van der Waals surface area (Å²) in [5.41, 5.74) is 2.65. The molecule has 0 unspecified atom stereocenters. The van der Waals surface area contributed by atoms with Gasteiger partial charge in [-0.3, -0.25) is 4.79 Å². The molecule has 0 spiro atoms. The largest absolute Gasteiger partial charge is 0.494 e. The number of anilines is 1. The zero-order valence-electron chi connectivity index (χ0n) is 17.9. The molecule has 1 heterocycles. The molecule has 0 saturated heterocycles. The van der Waals surface area contributed by atoms with E-state index >= 15 is 0 Å². The van der Waals surface area contributed by atoms with E-state index in [1.54, 1.807) is 49.4 Å². The fraction of sp³-hybridized carbons (Fsp3) is 0.261. The molecule has 2 aromatic carbocycles. The fourth-order valence-electron chi connectivity index (χ4n) is 2.96. The average Bonchev–Trinajstić information content (AvgIpc) is 3.09. The van der Waals surface area contributed by atoms with Crippen LogP contribution in [-0.4, -0.2) is 30.7 Å². The smallest absolute Gasteiger partial charge is 0.337 e. The van der Waals surface area contributed by atoms with Gasteiger partial charge in [-0.25, -0.2) is 4.79 Å². The van der Waals surface area contributed by atoms with Crippen molar-refractivity contribution in [1.29, 1.82) is 0 Å². The van der Waals surface area contributed by atoms with Crippen molar-refractivity contribution >= 4 is 17.6 Å². The number of methoxy groups -OCH3 is 1. The monoisotopic (exact) mass is 424 g/mol. The topological polar surface area (TPSA) is 99.9 Å². The highest BCUT2D eigenvalue weighted by Crippen LogP contribution is 2.28. The van der Waals surface area contributed by atoms with Crippen molar-refractivity contribution in [1.82, 2.24) is 5.16 Å². The third-order valence-corrected chi connectivity index (χ3v) is 4.60. The Morgan fingerprint density at radius 3 is 2.58 bits per heavy atom. The number of benzene rings is 2. The number of aryl methyl sites for hydroxylation is 2. The van der Waals surface area contributed by atoms with E-state index < -0.39 is 5.97 Å². The van der Waals surface area contributed by atoms with Crippen LogP contribution in [0.2, 0.25) is 0 Å². The molecule has 8 heteroatoms. The Bertz CT molecular complexity index is 1070. The van der Waals surface area contributed by atoms with E-state index in [1.807, 2.05) is 13.8 Å². The Morgan fingerprint density at radius 1 is 1.10 bits per heavy atom. The van der Waals surface area contributed by atoms with Crippen LogP contribution >= 0.6 is 0 Å². The Balaban J connectivity index is 1.85. The molecule has 0 aliphatic rings. The van der Waals surface area contributed by atoms with Gasteiger partial charge in [-0.2, -0.15) is 0 Å². The molecule has 0 bridgehead atoms. The predicted molar refractivity (Wildman–Crippen MR) is 114 cm³/mol. The summed E-state index contributed by atoms with van der Waals surface area (Å²) in [5, 5.41) is 6.71. The van der Waals surface area contributed by atoms with Crippen LogP contribution < -0.4 is 14.8 Å². The highest BCUT2D eigenvalue weighted by molar-refractivity contribution is 6.06. The summed E-state index contributed by atoms with van der Waals surface area (Å²) >= 11 is 0. The van der Waals surface area contributed by atoms with Gasteiger partial charge in [0.1, 0.15) is 23.9 Å². The number of rotatable bonds is 8. The Hall–Kier alpha value is -3.81. The molecular formula is C23H24N2O6. The zero-order chi connectivity index (χ0) is 22.4. The second-order valence-electron chi connectivity index (χ2n) is 6.71. The molecule has 0 atom stereocenters. The van der Waals surface area contributed by atoms with Crippen molar-refractivity contribution in [3.8, 4) is 11.5 Å². The summed E-state index contributed by atoms with van der Waals surface area (Å²) in [4.78, 5) is 24.7. The van der Waals surface area contributed by atoms with Gasteiger partial charge in [0.15, 0.2) is 0 Å². The molecule has 0 fully saturated rings. The van der Waals surface area contributed by atoms with Crippen molar-refractivity contribution in [2.45, 2.75) is 27.4 Å². The van der Waals surface area contributed by atoms with E-state index in [0.29, 0.717) is 40.7 Å². The lowest BCUT2D eigenvalue weighted by Gasteiger charge is -2.14.